The minimum Gasteiger partial charge on any atom is -0.446 e. The lowest BCUT2D eigenvalue weighted by atomic mass is 10.1. The van der Waals surface area contributed by atoms with Crippen LogP contribution in [0.3, 0.4) is 0 Å². The lowest BCUT2D eigenvalue weighted by Gasteiger charge is -2.19. The Morgan fingerprint density at radius 3 is 2.82 bits per heavy atom. The number of hydrogen-bond acceptors (Lipinski definition) is 4. The summed E-state index contributed by atoms with van der Waals surface area (Å²) in [6, 6.07) is 8.96. The highest BCUT2D eigenvalue weighted by molar-refractivity contribution is 5.94. The van der Waals surface area contributed by atoms with Gasteiger partial charge in [0, 0.05) is 7.11 Å². The van der Waals surface area contributed by atoms with E-state index in [4.69, 9.17) is 9.47 Å². The molecular formula is C12H13NO4. The zero-order chi connectivity index (χ0) is 12.3. The first kappa shape index (κ1) is 11.6. The first-order chi connectivity index (χ1) is 8.24. The van der Waals surface area contributed by atoms with Gasteiger partial charge in [0.1, 0.15) is 19.3 Å². The number of nitrogens with zero attached hydrogens (tertiary/aromatic N) is 1. The number of hydrogen-bond donors (Lipinski definition) is 0. The molecule has 0 radical (unpaired) electrons. The quantitative estimate of drug-likeness (QED) is 0.793. The van der Waals surface area contributed by atoms with Crippen LogP contribution in [0.4, 0.5) is 4.79 Å². The molecule has 0 saturated carbocycles. The second-order valence-electron chi connectivity index (χ2n) is 3.70. The summed E-state index contributed by atoms with van der Waals surface area (Å²) in [5.41, 5.74) is 0.878. The lowest BCUT2D eigenvalue weighted by Crippen LogP contribution is -2.36. The molecule has 0 spiro atoms. The minimum atomic E-state index is -0.610. The van der Waals surface area contributed by atoms with E-state index in [1.165, 1.54) is 7.11 Å². The van der Waals surface area contributed by atoms with Crippen molar-refractivity contribution in [2.45, 2.75) is 6.04 Å². The average Bonchev–Trinajstić information content (AvgIpc) is 2.73. The van der Waals surface area contributed by atoms with Crippen molar-refractivity contribution in [3.8, 4) is 0 Å². The van der Waals surface area contributed by atoms with Crippen LogP contribution in [-0.4, -0.2) is 37.2 Å². The van der Waals surface area contributed by atoms with Crippen LogP contribution in [0.5, 0.6) is 0 Å². The molecule has 1 aliphatic rings. The highest BCUT2D eigenvalue weighted by Crippen LogP contribution is 2.27. The van der Waals surface area contributed by atoms with Gasteiger partial charge in [0.2, 0.25) is 0 Å². The van der Waals surface area contributed by atoms with Gasteiger partial charge in [-0.05, 0) is 5.56 Å². The van der Waals surface area contributed by atoms with Gasteiger partial charge in [-0.2, -0.15) is 0 Å². The molecule has 0 N–H and O–H groups in total. The fraction of sp³-hybridized carbons (Fsp3) is 0.333. The van der Waals surface area contributed by atoms with Crippen molar-refractivity contribution in [2.24, 2.45) is 0 Å². The Balaban J connectivity index is 2.22. The normalized spacial score (nSPS) is 19.2. The van der Waals surface area contributed by atoms with E-state index in [2.05, 4.69) is 0 Å². The van der Waals surface area contributed by atoms with Crippen molar-refractivity contribution >= 4 is 12.0 Å². The third-order valence-electron chi connectivity index (χ3n) is 2.59. The van der Waals surface area contributed by atoms with Crippen molar-refractivity contribution in [3.63, 3.8) is 0 Å². The van der Waals surface area contributed by atoms with E-state index in [9.17, 15) is 9.59 Å². The van der Waals surface area contributed by atoms with Crippen molar-refractivity contribution in [1.29, 1.82) is 0 Å². The molecule has 1 fully saturated rings. The number of carbonyl (C=O) groups excluding carboxylic acids is 2. The zero-order valence-corrected chi connectivity index (χ0v) is 9.46. The molecule has 2 rings (SSSR count). The highest BCUT2D eigenvalue weighted by atomic mass is 16.6. The molecule has 1 aromatic rings. The number of methoxy groups -OCH3 is 1. The molecule has 90 valence electrons. The fourth-order valence-electron chi connectivity index (χ4n) is 1.81. The predicted octanol–water partition coefficient (Wildman–Crippen LogP) is 1.35. The Morgan fingerprint density at radius 1 is 1.47 bits per heavy atom. The minimum absolute atomic E-state index is 0.127. The molecule has 1 heterocycles. The van der Waals surface area contributed by atoms with Crippen LogP contribution >= 0.6 is 0 Å². The third-order valence-corrected chi connectivity index (χ3v) is 2.59. The van der Waals surface area contributed by atoms with E-state index in [-0.39, 0.29) is 25.2 Å². The van der Waals surface area contributed by atoms with Crippen LogP contribution in [0, 0.1) is 0 Å². The fourth-order valence-corrected chi connectivity index (χ4v) is 1.81. The number of carbonyl (C=O) groups is 2. The van der Waals surface area contributed by atoms with Gasteiger partial charge in [0.05, 0.1) is 0 Å². The maximum absolute atomic E-state index is 11.7. The lowest BCUT2D eigenvalue weighted by molar-refractivity contribution is -0.133. The van der Waals surface area contributed by atoms with E-state index >= 15 is 0 Å². The maximum Gasteiger partial charge on any atom is 0.417 e. The average molecular weight is 235 g/mol. The summed E-state index contributed by atoms with van der Waals surface area (Å²) >= 11 is 0. The van der Waals surface area contributed by atoms with Crippen LogP contribution in [-0.2, 0) is 14.3 Å². The molecule has 0 aromatic heterocycles. The molecule has 0 aliphatic carbocycles. The molecule has 1 saturated heterocycles. The Labute approximate surface area is 98.9 Å². The van der Waals surface area contributed by atoms with E-state index in [1.807, 2.05) is 30.3 Å². The summed E-state index contributed by atoms with van der Waals surface area (Å²) in [4.78, 5) is 24.4. The molecule has 0 bridgehead atoms. The van der Waals surface area contributed by atoms with E-state index in [0.717, 1.165) is 10.5 Å². The first-order valence-corrected chi connectivity index (χ1v) is 5.26. The topological polar surface area (TPSA) is 55.8 Å². The molecular weight excluding hydrogens is 222 g/mol. The number of imide groups is 1. The van der Waals surface area contributed by atoms with E-state index < -0.39 is 6.09 Å². The summed E-state index contributed by atoms with van der Waals surface area (Å²) in [6.07, 6.45) is -0.610. The maximum atomic E-state index is 11.7. The Bertz CT molecular complexity index is 418. The largest absolute Gasteiger partial charge is 0.446 e. The molecule has 1 aromatic carbocycles. The summed E-state index contributed by atoms with van der Waals surface area (Å²) in [7, 11) is 1.41. The first-order valence-electron chi connectivity index (χ1n) is 5.26. The summed E-state index contributed by atoms with van der Waals surface area (Å²) in [5, 5.41) is 0. The Morgan fingerprint density at radius 2 is 2.18 bits per heavy atom. The van der Waals surface area contributed by atoms with Crippen LogP contribution < -0.4 is 0 Å². The number of ether oxygens (including phenoxy) is 2. The van der Waals surface area contributed by atoms with Gasteiger partial charge < -0.3 is 9.47 Å². The molecule has 2 amide bonds. The Hall–Kier alpha value is -1.88. The molecule has 0 unspecified atom stereocenters. The Kier molecular flexibility index (Phi) is 3.39. The summed E-state index contributed by atoms with van der Waals surface area (Å²) < 4.78 is 9.66. The highest BCUT2D eigenvalue weighted by Gasteiger charge is 2.38. The van der Waals surface area contributed by atoms with Gasteiger partial charge >= 0.3 is 6.09 Å². The molecule has 5 heteroatoms. The van der Waals surface area contributed by atoms with Crippen LogP contribution in [0.25, 0.3) is 0 Å². The molecule has 5 nitrogen and oxygen atoms in total. The van der Waals surface area contributed by atoms with Crippen LogP contribution in [0.1, 0.15) is 11.6 Å². The van der Waals surface area contributed by atoms with Crippen molar-refractivity contribution in [1.82, 2.24) is 4.90 Å². The SMILES string of the molecule is COCC(=O)N1C(=O)OC[C@H]1c1ccccc1. The van der Waals surface area contributed by atoms with Gasteiger partial charge in [-0.3, -0.25) is 4.79 Å². The zero-order valence-electron chi connectivity index (χ0n) is 9.46. The second-order valence-corrected chi connectivity index (χ2v) is 3.70. The van der Waals surface area contributed by atoms with Gasteiger partial charge in [-0.25, -0.2) is 9.69 Å². The number of rotatable bonds is 3. The molecule has 17 heavy (non-hydrogen) atoms. The van der Waals surface area contributed by atoms with Gasteiger partial charge in [-0.1, -0.05) is 30.3 Å². The number of amides is 2. The van der Waals surface area contributed by atoms with Crippen molar-refractivity contribution in [2.75, 3.05) is 20.3 Å². The summed E-state index contributed by atoms with van der Waals surface area (Å²) in [6.45, 7) is 0.0662. The number of cyclic esters (lactones) is 1. The molecule has 1 aliphatic heterocycles. The van der Waals surface area contributed by atoms with Crippen molar-refractivity contribution in [3.05, 3.63) is 35.9 Å². The monoisotopic (exact) mass is 235 g/mol. The smallest absolute Gasteiger partial charge is 0.417 e. The van der Waals surface area contributed by atoms with Crippen LogP contribution in [0.15, 0.2) is 30.3 Å². The summed E-state index contributed by atoms with van der Waals surface area (Å²) in [5.74, 6) is -0.385. The third kappa shape index (κ3) is 2.29. The van der Waals surface area contributed by atoms with Gasteiger partial charge in [-0.15, -0.1) is 0 Å². The van der Waals surface area contributed by atoms with Crippen molar-refractivity contribution < 1.29 is 19.1 Å². The van der Waals surface area contributed by atoms with Gasteiger partial charge in [0.15, 0.2) is 0 Å². The van der Waals surface area contributed by atoms with Gasteiger partial charge in [0.25, 0.3) is 5.91 Å². The standard InChI is InChI=1S/C12H13NO4/c1-16-8-11(14)13-10(7-17-12(13)15)9-5-3-2-4-6-9/h2-6,10H,7-8H2,1H3/t10-/m0/s1. The van der Waals surface area contributed by atoms with Crippen LogP contribution in [0.2, 0.25) is 0 Å². The predicted molar refractivity (Wildman–Crippen MR) is 59.3 cm³/mol. The van der Waals surface area contributed by atoms with E-state index in [0.29, 0.717) is 0 Å². The second kappa shape index (κ2) is 4.97. The number of benzene rings is 1. The molecule has 1 atom stereocenters. The van der Waals surface area contributed by atoms with E-state index in [1.54, 1.807) is 0 Å².